The Balaban J connectivity index is 1.85. The minimum absolute atomic E-state index is 0.328. The lowest BCUT2D eigenvalue weighted by molar-refractivity contribution is 0.0603. The van der Waals surface area contributed by atoms with Crippen LogP contribution in [0.25, 0.3) is 10.8 Å². The quantitative estimate of drug-likeness (QED) is 0.722. The minimum atomic E-state index is -0.328. The Morgan fingerprint density at radius 3 is 2.95 bits per heavy atom. The molecule has 4 nitrogen and oxygen atoms in total. The number of hydrogen-bond donors (Lipinski definition) is 1. The molecule has 2 aromatic carbocycles. The Morgan fingerprint density at radius 2 is 2.23 bits per heavy atom. The van der Waals surface area contributed by atoms with Gasteiger partial charge in [-0.25, -0.2) is 9.78 Å². The molecule has 0 unspecified atom stereocenters. The summed E-state index contributed by atoms with van der Waals surface area (Å²) in [7, 11) is 1.39. The van der Waals surface area contributed by atoms with Gasteiger partial charge in [0.15, 0.2) is 4.47 Å². The van der Waals surface area contributed by atoms with E-state index in [1.54, 1.807) is 12.3 Å². The summed E-state index contributed by atoms with van der Waals surface area (Å²) in [5, 5.41) is 5.18. The largest absolute Gasteiger partial charge is 0.465 e. The van der Waals surface area contributed by atoms with Gasteiger partial charge in [0.1, 0.15) is 0 Å². The Hall–Kier alpha value is -2.11. The van der Waals surface area contributed by atoms with Crippen LogP contribution in [0.3, 0.4) is 0 Å². The van der Waals surface area contributed by atoms with Gasteiger partial charge < -0.3 is 10.1 Å². The standard InChI is InChI=1S/C16H13ClN2O2S/c1-21-15(20)14-4-2-3-10-7-11(5-6-13(10)14)18-8-12-9-19-16(17)22-12/h2-7,9,18H,8H2,1H3. The fourth-order valence-corrected chi connectivity index (χ4v) is 3.15. The summed E-state index contributed by atoms with van der Waals surface area (Å²) < 4.78 is 5.35. The smallest absolute Gasteiger partial charge is 0.338 e. The van der Waals surface area contributed by atoms with Crippen LogP contribution in [0.15, 0.2) is 42.6 Å². The zero-order valence-corrected chi connectivity index (χ0v) is 13.4. The van der Waals surface area contributed by atoms with Crippen LogP contribution >= 0.6 is 22.9 Å². The highest BCUT2D eigenvalue weighted by atomic mass is 35.5. The van der Waals surface area contributed by atoms with E-state index < -0.39 is 0 Å². The maximum atomic E-state index is 11.8. The van der Waals surface area contributed by atoms with E-state index in [2.05, 4.69) is 10.3 Å². The summed E-state index contributed by atoms with van der Waals surface area (Å²) in [6, 6.07) is 11.4. The number of rotatable bonds is 4. The summed E-state index contributed by atoms with van der Waals surface area (Å²) in [4.78, 5) is 16.8. The molecule has 0 atom stereocenters. The van der Waals surface area contributed by atoms with E-state index in [0.29, 0.717) is 16.6 Å². The molecule has 0 spiro atoms. The van der Waals surface area contributed by atoms with Crippen molar-refractivity contribution in [2.24, 2.45) is 0 Å². The number of anilines is 1. The Morgan fingerprint density at radius 1 is 1.36 bits per heavy atom. The molecule has 0 aliphatic rings. The molecular formula is C16H13ClN2O2S. The number of halogens is 1. The van der Waals surface area contributed by atoms with Gasteiger partial charge in [0, 0.05) is 16.8 Å². The molecule has 1 aromatic heterocycles. The SMILES string of the molecule is COC(=O)c1cccc2cc(NCc3cnc(Cl)s3)ccc12. The van der Waals surface area contributed by atoms with Crippen LogP contribution in [0, 0.1) is 0 Å². The molecule has 0 fully saturated rings. The average Bonchev–Trinajstić information content (AvgIpc) is 2.96. The first-order valence-corrected chi connectivity index (χ1v) is 7.82. The number of hydrogen-bond acceptors (Lipinski definition) is 5. The lowest BCUT2D eigenvalue weighted by Crippen LogP contribution is -2.02. The number of aromatic nitrogens is 1. The van der Waals surface area contributed by atoms with Crippen LogP contribution in [-0.4, -0.2) is 18.1 Å². The molecule has 3 aromatic rings. The van der Waals surface area contributed by atoms with Gasteiger partial charge in [-0.3, -0.25) is 0 Å². The zero-order valence-electron chi connectivity index (χ0n) is 11.8. The van der Waals surface area contributed by atoms with Crippen molar-refractivity contribution < 1.29 is 9.53 Å². The Kier molecular flexibility index (Phi) is 4.27. The van der Waals surface area contributed by atoms with E-state index >= 15 is 0 Å². The average molecular weight is 333 g/mol. The molecular weight excluding hydrogens is 320 g/mol. The molecule has 0 aliphatic carbocycles. The van der Waals surface area contributed by atoms with Gasteiger partial charge in [-0.05, 0) is 29.0 Å². The van der Waals surface area contributed by atoms with Crippen LogP contribution in [0.1, 0.15) is 15.2 Å². The second-order valence-corrected chi connectivity index (χ2v) is 6.36. The van der Waals surface area contributed by atoms with Crippen molar-refractivity contribution in [2.45, 2.75) is 6.54 Å². The topological polar surface area (TPSA) is 51.2 Å². The molecule has 0 saturated heterocycles. The third kappa shape index (κ3) is 3.05. The van der Waals surface area contributed by atoms with Crippen LogP contribution < -0.4 is 5.32 Å². The maximum Gasteiger partial charge on any atom is 0.338 e. The minimum Gasteiger partial charge on any atom is -0.465 e. The summed E-state index contributed by atoms with van der Waals surface area (Å²) in [6.45, 7) is 0.659. The molecule has 6 heteroatoms. The number of nitrogens with zero attached hydrogens (tertiary/aromatic N) is 1. The van der Waals surface area contributed by atoms with Gasteiger partial charge in [0.2, 0.25) is 0 Å². The normalized spacial score (nSPS) is 10.6. The van der Waals surface area contributed by atoms with Gasteiger partial charge in [-0.15, -0.1) is 11.3 Å². The van der Waals surface area contributed by atoms with Crippen molar-refractivity contribution in [3.8, 4) is 0 Å². The van der Waals surface area contributed by atoms with Gasteiger partial charge in [-0.2, -0.15) is 0 Å². The molecule has 0 aliphatic heterocycles. The van der Waals surface area contributed by atoms with Crippen molar-refractivity contribution in [1.29, 1.82) is 0 Å². The fraction of sp³-hybridized carbons (Fsp3) is 0.125. The highest BCUT2D eigenvalue weighted by Gasteiger charge is 2.10. The lowest BCUT2D eigenvalue weighted by atomic mass is 10.0. The molecule has 22 heavy (non-hydrogen) atoms. The summed E-state index contributed by atoms with van der Waals surface area (Å²) in [5.41, 5.74) is 1.54. The monoisotopic (exact) mass is 332 g/mol. The van der Waals surface area contributed by atoms with E-state index in [4.69, 9.17) is 16.3 Å². The summed E-state index contributed by atoms with van der Waals surface area (Å²) >= 11 is 7.27. The first-order valence-electron chi connectivity index (χ1n) is 6.62. The second kappa shape index (κ2) is 6.34. The van der Waals surface area contributed by atoms with E-state index in [1.807, 2.05) is 30.3 Å². The summed E-state index contributed by atoms with van der Waals surface area (Å²) in [6.07, 6.45) is 1.76. The number of ether oxygens (including phenoxy) is 1. The van der Waals surface area contributed by atoms with Gasteiger partial charge in [-0.1, -0.05) is 29.8 Å². The molecule has 0 amide bonds. The highest BCUT2D eigenvalue weighted by molar-refractivity contribution is 7.15. The van der Waals surface area contributed by atoms with E-state index in [9.17, 15) is 4.79 Å². The van der Waals surface area contributed by atoms with Crippen molar-refractivity contribution in [3.05, 3.63) is 57.5 Å². The molecule has 0 bridgehead atoms. The highest BCUT2D eigenvalue weighted by Crippen LogP contribution is 2.24. The van der Waals surface area contributed by atoms with Crippen LogP contribution in [-0.2, 0) is 11.3 Å². The van der Waals surface area contributed by atoms with Crippen molar-refractivity contribution in [3.63, 3.8) is 0 Å². The van der Waals surface area contributed by atoms with E-state index in [-0.39, 0.29) is 5.97 Å². The number of esters is 1. The first-order chi connectivity index (χ1) is 10.7. The van der Waals surface area contributed by atoms with E-state index in [0.717, 1.165) is 21.3 Å². The van der Waals surface area contributed by atoms with Crippen LogP contribution in [0.5, 0.6) is 0 Å². The number of nitrogens with one attached hydrogen (secondary N) is 1. The molecule has 3 rings (SSSR count). The number of carbonyl (C=O) groups excluding carboxylic acids is 1. The van der Waals surface area contributed by atoms with Gasteiger partial charge in [0.05, 0.1) is 19.2 Å². The van der Waals surface area contributed by atoms with E-state index in [1.165, 1.54) is 18.4 Å². The van der Waals surface area contributed by atoms with Crippen LogP contribution in [0.4, 0.5) is 5.69 Å². The molecule has 112 valence electrons. The maximum absolute atomic E-state index is 11.8. The third-order valence-corrected chi connectivity index (χ3v) is 4.39. The predicted octanol–water partition coefficient (Wildman–Crippen LogP) is 4.35. The van der Waals surface area contributed by atoms with Crippen molar-refractivity contribution >= 4 is 45.4 Å². The third-order valence-electron chi connectivity index (χ3n) is 3.28. The number of fused-ring (bicyclic) bond motifs is 1. The number of benzene rings is 2. The van der Waals surface area contributed by atoms with Crippen molar-refractivity contribution in [1.82, 2.24) is 4.98 Å². The Bertz CT molecular complexity index is 832. The van der Waals surface area contributed by atoms with Gasteiger partial charge in [0.25, 0.3) is 0 Å². The first kappa shape index (κ1) is 14.8. The predicted molar refractivity (Wildman–Crippen MR) is 89.7 cm³/mol. The number of thiazole rings is 1. The number of methoxy groups -OCH3 is 1. The second-order valence-electron chi connectivity index (χ2n) is 4.67. The molecule has 1 heterocycles. The molecule has 0 saturated carbocycles. The summed E-state index contributed by atoms with van der Waals surface area (Å²) in [5.74, 6) is -0.328. The number of carbonyl (C=O) groups is 1. The zero-order chi connectivity index (χ0) is 15.5. The van der Waals surface area contributed by atoms with Gasteiger partial charge >= 0.3 is 5.97 Å². The Labute approximate surface area is 136 Å². The molecule has 1 N–H and O–H groups in total. The van der Waals surface area contributed by atoms with Crippen molar-refractivity contribution in [2.75, 3.05) is 12.4 Å². The molecule has 0 radical (unpaired) electrons. The lowest BCUT2D eigenvalue weighted by Gasteiger charge is -2.08. The van der Waals surface area contributed by atoms with Crippen LogP contribution in [0.2, 0.25) is 4.47 Å². The fourth-order valence-electron chi connectivity index (χ4n) is 2.24.